The third-order valence-corrected chi connectivity index (χ3v) is 9.70. The van der Waals surface area contributed by atoms with Gasteiger partial charge in [-0.15, -0.1) is 0 Å². The van der Waals surface area contributed by atoms with Gasteiger partial charge < -0.3 is 23.7 Å². The van der Waals surface area contributed by atoms with E-state index in [2.05, 4.69) is 16.5 Å². The fourth-order valence-corrected chi connectivity index (χ4v) is 7.06. The van der Waals surface area contributed by atoms with E-state index in [4.69, 9.17) is 23.7 Å². The van der Waals surface area contributed by atoms with Crippen LogP contribution in [-0.2, 0) is 33.7 Å². The van der Waals surface area contributed by atoms with Gasteiger partial charge in [-0.25, -0.2) is 17.9 Å². The first kappa shape index (κ1) is 34.1. The molecule has 3 fully saturated rings. The first-order valence-corrected chi connectivity index (χ1v) is 17.8. The summed E-state index contributed by atoms with van der Waals surface area (Å²) in [6.07, 6.45) is 10.2. The first-order valence-electron chi connectivity index (χ1n) is 16.3. The largest absolute Gasteiger partial charge is 0.441 e. The summed E-state index contributed by atoms with van der Waals surface area (Å²) in [4.78, 5) is 15.2. The number of carbonyl (C=O) groups is 1. The molecule has 4 rings (SSSR count). The maximum absolute atomic E-state index is 13.0. The number of carbonyl (C=O) groups excluding carboxylic acids is 1. The third-order valence-electron chi connectivity index (χ3n) is 8.37. The van der Waals surface area contributed by atoms with Gasteiger partial charge in [-0.05, 0) is 58.3 Å². The van der Waals surface area contributed by atoms with E-state index in [1.807, 2.05) is 13.8 Å². The van der Waals surface area contributed by atoms with Crippen LogP contribution in [0.2, 0.25) is 0 Å². The Morgan fingerprint density at radius 3 is 2.26 bits per heavy atom. The third kappa shape index (κ3) is 10.4. The fourth-order valence-electron chi connectivity index (χ4n) is 6.16. The molecule has 10 nitrogen and oxygen atoms in total. The van der Waals surface area contributed by atoms with Crippen molar-refractivity contribution in [2.24, 2.45) is 0 Å². The monoisotopic (exact) mass is 624 g/mol. The van der Waals surface area contributed by atoms with Crippen LogP contribution in [0, 0.1) is 0 Å². The standard InChI is InChI=1S/C32H52N2O8S/c1-4-5-6-7-8-9-10-11-12-18-23-38-28-27(40-30-29(28)41-32(2,3)42-30)26(24-34-21-16-17-22-34)39-31(35)33-43(36,37)25-19-14-13-15-20-25/h13-15,19-20,26-30H,4-12,16-18,21-24H2,1-3H3,(H,33,35)/t26-,27-,28+,29-,30-/m1/s1. The van der Waals surface area contributed by atoms with E-state index in [-0.39, 0.29) is 4.90 Å². The Labute approximate surface area is 258 Å². The van der Waals surface area contributed by atoms with Gasteiger partial charge in [0.2, 0.25) is 0 Å². The van der Waals surface area contributed by atoms with Crippen molar-refractivity contribution >= 4 is 16.1 Å². The van der Waals surface area contributed by atoms with Crippen LogP contribution < -0.4 is 4.72 Å². The Kier molecular flexibility index (Phi) is 13.1. The number of nitrogens with one attached hydrogen (secondary N) is 1. The summed E-state index contributed by atoms with van der Waals surface area (Å²) < 4.78 is 58.4. The highest BCUT2D eigenvalue weighted by molar-refractivity contribution is 7.90. The summed E-state index contributed by atoms with van der Waals surface area (Å²) in [5, 5.41) is 0. The average molecular weight is 625 g/mol. The maximum Gasteiger partial charge on any atom is 0.421 e. The van der Waals surface area contributed by atoms with Crippen LogP contribution >= 0.6 is 0 Å². The van der Waals surface area contributed by atoms with E-state index in [0.29, 0.717) is 13.2 Å². The number of hydrogen-bond acceptors (Lipinski definition) is 9. The van der Waals surface area contributed by atoms with Crippen molar-refractivity contribution in [1.82, 2.24) is 9.62 Å². The lowest BCUT2D eigenvalue weighted by molar-refractivity contribution is -0.230. The van der Waals surface area contributed by atoms with Gasteiger partial charge in [-0.3, -0.25) is 4.90 Å². The van der Waals surface area contributed by atoms with Crippen molar-refractivity contribution in [2.45, 2.75) is 139 Å². The second kappa shape index (κ2) is 16.5. The average Bonchev–Trinajstić information content (AvgIpc) is 3.66. The van der Waals surface area contributed by atoms with Crippen molar-refractivity contribution in [3.63, 3.8) is 0 Å². The normalized spacial score (nSPS) is 25.9. The topological polar surface area (TPSA) is 113 Å². The second-order valence-corrected chi connectivity index (χ2v) is 14.1. The predicted octanol–water partition coefficient (Wildman–Crippen LogP) is 5.75. The van der Waals surface area contributed by atoms with Gasteiger partial charge in [0.25, 0.3) is 10.0 Å². The number of likely N-dealkylation sites (tertiary alicyclic amines) is 1. The number of benzene rings is 1. The van der Waals surface area contributed by atoms with Gasteiger partial charge >= 0.3 is 6.09 Å². The molecule has 5 atom stereocenters. The molecule has 244 valence electrons. The summed E-state index contributed by atoms with van der Waals surface area (Å²) >= 11 is 0. The quantitative estimate of drug-likeness (QED) is 0.204. The molecule has 11 heteroatoms. The summed E-state index contributed by atoms with van der Waals surface area (Å²) in [5.41, 5.74) is 0. The molecule has 1 amide bonds. The van der Waals surface area contributed by atoms with E-state index < -0.39 is 52.6 Å². The van der Waals surface area contributed by atoms with E-state index in [9.17, 15) is 13.2 Å². The molecule has 0 spiro atoms. The smallest absolute Gasteiger partial charge is 0.421 e. The Bertz CT molecular complexity index is 1080. The number of rotatable bonds is 18. The lowest BCUT2D eigenvalue weighted by Gasteiger charge is -2.32. The zero-order valence-electron chi connectivity index (χ0n) is 26.2. The minimum absolute atomic E-state index is 0.0172. The van der Waals surface area contributed by atoms with Crippen LogP contribution in [0.4, 0.5) is 4.79 Å². The van der Waals surface area contributed by atoms with E-state index in [0.717, 1.165) is 38.8 Å². The number of nitrogens with zero attached hydrogens (tertiary/aromatic N) is 1. The Balaban J connectivity index is 1.36. The van der Waals surface area contributed by atoms with Crippen LogP contribution in [0.3, 0.4) is 0 Å². The number of amides is 1. The SMILES string of the molecule is CCCCCCCCCCCCO[C@@H]1[C@H]2OC(C)(C)O[C@H]2O[C@@H]1[C@@H](CN1CCCC1)OC(=O)NS(=O)(=O)c1ccccc1. The molecular weight excluding hydrogens is 572 g/mol. The molecule has 1 aromatic carbocycles. The minimum atomic E-state index is -4.09. The summed E-state index contributed by atoms with van der Waals surface area (Å²) in [7, 11) is -4.09. The van der Waals surface area contributed by atoms with E-state index in [1.165, 1.54) is 63.5 Å². The molecule has 0 radical (unpaired) electrons. The number of sulfonamides is 1. The predicted molar refractivity (Wildman–Crippen MR) is 163 cm³/mol. The van der Waals surface area contributed by atoms with Gasteiger partial charge in [0.1, 0.15) is 24.4 Å². The molecule has 0 saturated carbocycles. The molecule has 3 heterocycles. The molecule has 1 aromatic rings. The van der Waals surface area contributed by atoms with Crippen LogP contribution in [0.1, 0.15) is 97.8 Å². The molecule has 0 aromatic heterocycles. The van der Waals surface area contributed by atoms with Crippen molar-refractivity contribution < 1.29 is 36.9 Å². The minimum Gasteiger partial charge on any atom is -0.441 e. The highest BCUT2D eigenvalue weighted by atomic mass is 32.2. The molecule has 0 bridgehead atoms. The molecule has 3 aliphatic rings. The molecule has 3 aliphatic heterocycles. The lowest BCUT2D eigenvalue weighted by atomic mass is 10.0. The zero-order valence-corrected chi connectivity index (χ0v) is 27.0. The van der Waals surface area contributed by atoms with Crippen molar-refractivity contribution in [3.8, 4) is 0 Å². The summed E-state index contributed by atoms with van der Waals surface area (Å²) in [6, 6.07) is 7.75. The van der Waals surface area contributed by atoms with Gasteiger partial charge in [-0.1, -0.05) is 82.9 Å². The highest BCUT2D eigenvalue weighted by Crippen LogP contribution is 2.40. The van der Waals surface area contributed by atoms with Gasteiger partial charge in [0.15, 0.2) is 12.1 Å². The van der Waals surface area contributed by atoms with E-state index >= 15 is 0 Å². The summed E-state index contributed by atoms with van der Waals surface area (Å²) in [5.74, 6) is -0.828. The fraction of sp³-hybridized carbons (Fsp3) is 0.781. The molecule has 0 aliphatic carbocycles. The van der Waals surface area contributed by atoms with Crippen LogP contribution in [-0.4, -0.2) is 82.1 Å². The van der Waals surface area contributed by atoms with Crippen molar-refractivity contribution in [1.29, 1.82) is 0 Å². The van der Waals surface area contributed by atoms with Crippen molar-refractivity contribution in [3.05, 3.63) is 30.3 Å². The molecule has 1 N–H and O–H groups in total. The van der Waals surface area contributed by atoms with Crippen LogP contribution in [0.25, 0.3) is 0 Å². The molecule has 0 unspecified atom stereocenters. The van der Waals surface area contributed by atoms with Crippen molar-refractivity contribution in [2.75, 3.05) is 26.2 Å². The zero-order chi connectivity index (χ0) is 30.7. The second-order valence-electron chi connectivity index (χ2n) is 12.5. The first-order chi connectivity index (χ1) is 20.7. The Morgan fingerprint density at radius 2 is 1.60 bits per heavy atom. The molecule has 3 saturated heterocycles. The number of hydrogen-bond donors (Lipinski definition) is 1. The number of ether oxygens (including phenoxy) is 5. The van der Waals surface area contributed by atoms with Gasteiger partial charge in [0.05, 0.1) is 4.90 Å². The molecular formula is C32H52N2O8S. The summed E-state index contributed by atoms with van der Waals surface area (Å²) in [6.45, 7) is 8.57. The van der Waals surface area contributed by atoms with Crippen LogP contribution in [0.5, 0.6) is 0 Å². The number of unbranched alkanes of at least 4 members (excludes halogenated alkanes) is 9. The molecule has 43 heavy (non-hydrogen) atoms. The maximum atomic E-state index is 13.0. The number of fused-ring (bicyclic) bond motifs is 1. The highest BCUT2D eigenvalue weighted by Gasteiger charge is 2.58. The van der Waals surface area contributed by atoms with Gasteiger partial charge in [0, 0.05) is 13.2 Å². The van der Waals surface area contributed by atoms with Crippen LogP contribution in [0.15, 0.2) is 35.2 Å². The lowest BCUT2D eigenvalue weighted by Crippen LogP contribution is -2.50. The Hall–Kier alpha value is -1.76. The van der Waals surface area contributed by atoms with Gasteiger partial charge in [-0.2, -0.15) is 0 Å². The van der Waals surface area contributed by atoms with E-state index in [1.54, 1.807) is 18.2 Å². The Morgan fingerprint density at radius 1 is 0.977 bits per heavy atom.